The van der Waals surface area contributed by atoms with Crippen LogP contribution in [0.4, 0.5) is 0 Å². The van der Waals surface area contributed by atoms with E-state index < -0.39 is 0 Å². The Kier molecular flexibility index (Phi) is 2.35. The number of carbonyl (C=O) groups excluding carboxylic acids is 1. The fraction of sp³-hybridized carbons (Fsp3) is 0.350. The van der Waals surface area contributed by atoms with Crippen molar-refractivity contribution in [3.05, 3.63) is 70.3 Å². The average molecular weight is 276 g/mol. The van der Waals surface area contributed by atoms with Gasteiger partial charge in [-0.1, -0.05) is 61.9 Å². The highest BCUT2D eigenvalue weighted by molar-refractivity contribution is 6.03. The Bertz CT molecular complexity index is 769. The molecule has 1 heteroatoms. The molecule has 0 fully saturated rings. The third-order valence-corrected chi connectivity index (χ3v) is 5.37. The first kappa shape index (κ1) is 12.8. The van der Waals surface area contributed by atoms with Crippen molar-refractivity contribution in [2.75, 3.05) is 0 Å². The summed E-state index contributed by atoms with van der Waals surface area (Å²) in [6.07, 6.45) is 1.66. The molecule has 0 heterocycles. The molecule has 2 aliphatic carbocycles. The standard InChI is InChI=1S/C20H20O/c1-13-8-9-16-17(10-13)20(12-19(16,2)3)11-18(21)14-6-4-5-7-15(14)20/h4-10H,11-12H2,1-3H3/t20-/m1/s1. The van der Waals surface area contributed by atoms with Gasteiger partial charge in [-0.25, -0.2) is 0 Å². The predicted octanol–water partition coefficient (Wildman–Crippen LogP) is 4.55. The Hall–Kier alpha value is -1.89. The molecular weight excluding hydrogens is 256 g/mol. The van der Waals surface area contributed by atoms with E-state index in [0.717, 1.165) is 12.0 Å². The number of hydrogen-bond acceptors (Lipinski definition) is 1. The van der Waals surface area contributed by atoms with Gasteiger partial charge in [0.05, 0.1) is 0 Å². The normalized spacial score (nSPS) is 25.2. The number of benzene rings is 2. The summed E-state index contributed by atoms with van der Waals surface area (Å²) in [6.45, 7) is 6.75. The molecule has 1 atom stereocenters. The Morgan fingerprint density at radius 2 is 1.71 bits per heavy atom. The molecule has 4 rings (SSSR count). The fourth-order valence-corrected chi connectivity index (χ4v) is 4.60. The summed E-state index contributed by atoms with van der Waals surface area (Å²) in [5.41, 5.74) is 6.28. The quantitative estimate of drug-likeness (QED) is 0.690. The second kappa shape index (κ2) is 3.85. The summed E-state index contributed by atoms with van der Waals surface area (Å²) in [5, 5.41) is 0. The maximum atomic E-state index is 12.5. The van der Waals surface area contributed by atoms with E-state index in [1.807, 2.05) is 12.1 Å². The minimum Gasteiger partial charge on any atom is -0.294 e. The Morgan fingerprint density at radius 1 is 0.952 bits per heavy atom. The monoisotopic (exact) mass is 276 g/mol. The SMILES string of the molecule is Cc1ccc2c(c1)[C@]1(CC(=O)c3ccccc31)CC2(C)C. The lowest BCUT2D eigenvalue weighted by atomic mass is 9.74. The van der Waals surface area contributed by atoms with E-state index in [-0.39, 0.29) is 10.8 Å². The van der Waals surface area contributed by atoms with Crippen molar-refractivity contribution < 1.29 is 4.79 Å². The van der Waals surface area contributed by atoms with Gasteiger partial charge in [0.15, 0.2) is 5.78 Å². The summed E-state index contributed by atoms with van der Waals surface area (Å²) >= 11 is 0. The first-order chi connectivity index (χ1) is 9.94. The van der Waals surface area contributed by atoms with Crippen LogP contribution in [0, 0.1) is 6.92 Å². The molecule has 21 heavy (non-hydrogen) atoms. The van der Waals surface area contributed by atoms with Crippen molar-refractivity contribution in [3.8, 4) is 0 Å². The molecule has 0 saturated heterocycles. The van der Waals surface area contributed by atoms with Crippen LogP contribution in [-0.2, 0) is 10.8 Å². The van der Waals surface area contributed by atoms with Crippen molar-refractivity contribution in [2.45, 2.75) is 44.4 Å². The lowest BCUT2D eigenvalue weighted by Gasteiger charge is -2.28. The summed E-state index contributed by atoms with van der Waals surface area (Å²) in [7, 11) is 0. The molecule has 1 nitrogen and oxygen atoms in total. The molecule has 1 spiro atoms. The highest BCUT2D eigenvalue weighted by Crippen LogP contribution is 2.58. The van der Waals surface area contributed by atoms with Gasteiger partial charge in [0.2, 0.25) is 0 Å². The van der Waals surface area contributed by atoms with E-state index >= 15 is 0 Å². The maximum Gasteiger partial charge on any atom is 0.164 e. The predicted molar refractivity (Wildman–Crippen MR) is 85.0 cm³/mol. The van der Waals surface area contributed by atoms with Crippen LogP contribution < -0.4 is 0 Å². The maximum absolute atomic E-state index is 12.5. The minimum absolute atomic E-state index is 0.0987. The summed E-state index contributed by atoms with van der Waals surface area (Å²) in [4.78, 5) is 12.5. The molecule has 0 amide bonds. The number of hydrogen-bond donors (Lipinski definition) is 0. The smallest absolute Gasteiger partial charge is 0.164 e. The van der Waals surface area contributed by atoms with Crippen LogP contribution >= 0.6 is 0 Å². The van der Waals surface area contributed by atoms with Gasteiger partial charge in [0.25, 0.3) is 0 Å². The third-order valence-electron chi connectivity index (χ3n) is 5.37. The third kappa shape index (κ3) is 1.55. The lowest BCUT2D eigenvalue weighted by molar-refractivity contribution is 0.0978. The fourth-order valence-electron chi connectivity index (χ4n) is 4.60. The largest absolute Gasteiger partial charge is 0.294 e. The molecule has 0 N–H and O–H groups in total. The zero-order valence-corrected chi connectivity index (χ0v) is 12.9. The van der Waals surface area contributed by atoms with E-state index in [1.54, 1.807) is 0 Å². The van der Waals surface area contributed by atoms with Crippen LogP contribution in [-0.4, -0.2) is 5.78 Å². The second-order valence-corrected chi connectivity index (χ2v) is 7.34. The van der Waals surface area contributed by atoms with Gasteiger partial charge in [-0.2, -0.15) is 0 Å². The van der Waals surface area contributed by atoms with Gasteiger partial charge < -0.3 is 0 Å². The number of ketones is 1. The van der Waals surface area contributed by atoms with Crippen LogP contribution in [0.3, 0.4) is 0 Å². The molecule has 0 unspecified atom stereocenters. The van der Waals surface area contributed by atoms with Gasteiger partial charge in [0, 0.05) is 17.4 Å². The first-order valence-corrected chi connectivity index (χ1v) is 7.68. The molecule has 2 aromatic carbocycles. The van der Waals surface area contributed by atoms with Crippen molar-refractivity contribution in [1.29, 1.82) is 0 Å². The Morgan fingerprint density at radius 3 is 2.52 bits per heavy atom. The number of fused-ring (bicyclic) bond motifs is 4. The van der Waals surface area contributed by atoms with Crippen molar-refractivity contribution in [3.63, 3.8) is 0 Å². The van der Waals surface area contributed by atoms with E-state index in [1.165, 1.54) is 22.3 Å². The zero-order chi connectivity index (χ0) is 14.8. The summed E-state index contributed by atoms with van der Waals surface area (Å²) in [5.74, 6) is 0.302. The second-order valence-electron chi connectivity index (χ2n) is 7.34. The molecule has 0 bridgehead atoms. The zero-order valence-electron chi connectivity index (χ0n) is 12.9. The van der Waals surface area contributed by atoms with Crippen LogP contribution in [0.5, 0.6) is 0 Å². The van der Waals surface area contributed by atoms with Crippen molar-refractivity contribution in [2.24, 2.45) is 0 Å². The van der Waals surface area contributed by atoms with E-state index in [4.69, 9.17) is 0 Å². The summed E-state index contributed by atoms with van der Waals surface area (Å²) < 4.78 is 0. The van der Waals surface area contributed by atoms with E-state index in [0.29, 0.717) is 12.2 Å². The molecule has 106 valence electrons. The van der Waals surface area contributed by atoms with Gasteiger partial charge in [-0.15, -0.1) is 0 Å². The van der Waals surface area contributed by atoms with Crippen molar-refractivity contribution in [1.82, 2.24) is 0 Å². The van der Waals surface area contributed by atoms with Crippen LogP contribution in [0.2, 0.25) is 0 Å². The lowest BCUT2D eigenvalue weighted by Crippen LogP contribution is -2.25. The van der Waals surface area contributed by atoms with Crippen LogP contribution in [0.15, 0.2) is 42.5 Å². The highest BCUT2D eigenvalue weighted by atomic mass is 16.1. The van der Waals surface area contributed by atoms with Gasteiger partial charge >= 0.3 is 0 Å². The van der Waals surface area contributed by atoms with Gasteiger partial charge in [0.1, 0.15) is 0 Å². The number of aryl methyl sites for hydroxylation is 1. The Labute approximate surface area is 126 Å². The van der Waals surface area contributed by atoms with E-state index in [9.17, 15) is 4.79 Å². The molecular formula is C20H20O. The van der Waals surface area contributed by atoms with Gasteiger partial charge in [-0.05, 0) is 35.4 Å². The molecule has 0 radical (unpaired) electrons. The molecule has 0 aromatic heterocycles. The van der Waals surface area contributed by atoms with E-state index in [2.05, 4.69) is 51.1 Å². The summed E-state index contributed by atoms with van der Waals surface area (Å²) in [6, 6.07) is 15.0. The molecule has 2 aromatic rings. The molecule has 0 aliphatic heterocycles. The van der Waals surface area contributed by atoms with Crippen molar-refractivity contribution >= 4 is 5.78 Å². The van der Waals surface area contributed by atoms with Gasteiger partial charge in [-0.3, -0.25) is 4.79 Å². The minimum atomic E-state index is -0.0987. The number of rotatable bonds is 0. The molecule has 2 aliphatic rings. The number of Topliss-reactive ketones (excluding diaryl/α,β-unsaturated/α-hetero) is 1. The van der Waals surface area contributed by atoms with Crippen LogP contribution in [0.25, 0.3) is 0 Å². The first-order valence-electron chi connectivity index (χ1n) is 7.68. The molecule has 0 saturated carbocycles. The number of carbonyl (C=O) groups is 1. The topological polar surface area (TPSA) is 17.1 Å². The average Bonchev–Trinajstić information content (AvgIpc) is 2.84. The van der Waals surface area contributed by atoms with Crippen LogP contribution in [0.1, 0.15) is 59.3 Å². The highest BCUT2D eigenvalue weighted by Gasteiger charge is 2.53. The Balaban J connectivity index is 2.05.